The third-order valence-electron chi connectivity index (χ3n) is 4.52. The van der Waals surface area contributed by atoms with Gasteiger partial charge in [0.15, 0.2) is 5.75 Å². The second-order valence-electron chi connectivity index (χ2n) is 7.02. The molecule has 0 radical (unpaired) electrons. The third kappa shape index (κ3) is 6.32. The number of benzene rings is 3. The fourth-order valence-corrected chi connectivity index (χ4v) is 3.46. The molecule has 0 aromatic heterocycles. The van der Waals surface area contributed by atoms with Crippen molar-refractivity contribution in [3.63, 3.8) is 0 Å². The summed E-state index contributed by atoms with van der Waals surface area (Å²) in [6.07, 6.45) is 1.31. The molecule has 0 aliphatic rings. The number of carbonyl (C=O) groups is 1. The van der Waals surface area contributed by atoms with E-state index >= 15 is 0 Å². The molecule has 7 nitrogen and oxygen atoms in total. The van der Waals surface area contributed by atoms with Crippen molar-refractivity contribution in [3.05, 3.63) is 103 Å². The number of rotatable bonds is 7. The van der Waals surface area contributed by atoms with Crippen molar-refractivity contribution in [1.82, 2.24) is 0 Å². The largest absolute Gasteiger partial charge is 0.486 e. The first-order valence-corrected chi connectivity index (χ1v) is 10.4. The number of amides is 1. The van der Waals surface area contributed by atoms with Gasteiger partial charge in [0.25, 0.3) is 11.6 Å². The molecule has 1 N–H and O–H groups in total. The van der Waals surface area contributed by atoms with Crippen LogP contribution in [0.1, 0.15) is 16.7 Å². The summed E-state index contributed by atoms with van der Waals surface area (Å²) in [5.74, 6) is -0.444. The lowest BCUT2D eigenvalue weighted by molar-refractivity contribution is -0.384. The summed E-state index contributed by atoms with van der Waals surface area (Å²) in [5, 5.41) is 23.2. The molecule has 0 aliphatic heterocycles. The Labute approximate surface area is 200 Å². The molecule has 33 heavy (non-hydrogen) atoms. The number of non-ortho nitro benzene ring substituents is 1. The maximum atomic E-state index is 12.5. The van der Waals surface area contributed by atoms with Crippen LogP contribution in [0.2, 0.25) is 10.0 Å². The number of nitrogens with one attached hydrogen (secondary N) is 1. The average molecular weight is 482 g/mol. The highest BCUT2D eigenvalue weighted by atomic mass is 35.5. The highest BCUT2D eigenvalue weighted by Crippen LogP contribution is 2.35. The molecule has 3 rings (SSSR count). The van der Waals surface area contributed by atoms with Crippen LogP contribution in [0.3, 0.4) is 0 Å². The van der Waals surface area contributed by atoms with E-state index in [0.29, 0.717) is 5.56 Å². The smallest absolute Gasteiger partial charge is 0.271 e. The Morgan fingerprint density at radius 3 is 2.42 bits per heavy atom. The number of hydrogen-bond donors (Lipinski definition) is 1. The van der Waals surface area contributed by atoms with Crippen LogP contribution in [0.5, 0.6) is 5.75 Å². The molecule has 9 heteroatoms. The van der Waals surface area contributed by atoms with Crippen LogP contribution in [0.15, 0.2) is 66.2 Å². The summed E-state index contributed by atoms with van der Waals surface area (Å²) < 4.78 is 5.75. The van der Waals surface area contributed by atoms with E-state index in [-0.39, 0.29) is 39.3 Å². The van der Waals surface area contributed by atoms with Gasteiger partial charge in [-0.2, -0.15) is 5.26 Å². The van der Waals surface area contributed by atoms with Gasteiger partial charge in [-0.3, -0.25) is 14.9 Å². The zero-order valence-corrected chi connectivity index (χ0v) is 18.9. The number of carbonyl (C=O) groups excluding carboxylic acids is 1. The van der Waals surface area contributed by atoms with E-state index in [2.05, 4.69) is 5.32 Å². The normalized spacial score (nSPS) is 10.9. The fraction of sp³-hybridized carbons (Fsp3) is 0.0833. The Bertz CT molecular complexity index is 1260. The van der Waals surface area contributed by atoms with Gasteiger partial charge in [0.1, 0.15) is 18.2 Å². The molecule has 3 aromatic carbocycles. The number of nitrogens with zero attached hydrogens (tertiary/aromatic N) is 2. The molecule has 3 aromatic rings. The van der Waals surface area contributed by atoms with Crippen LogP contribution < -0.4 is 10.1 Å². The van der Waals surface area contributed by atoms with Crippen molar-refractivity contribution in [2.75, 3.05) is 5.32 Å². The summed E-state index contributed by atoms with van der Waals surface area (Å²) in [7, 11) is 0. The van der Waals surface area contributed by atoms with Gasteiger partial charge >= 0.3 is 0 Å². The number of nitriles is 1. The Kier molecular flexibility index (Phi) is 7.67. The first-order valence-electron chi connectivity index (χ1n) is 9.62. The van der Waals surface area contributed by atoms with Gasteiger partial charge in [0.2, 0.25) is 0 Å². The number of nitro groups is 1. The molecule has 0 aliphatic carbocycles. The van der Waals surface area contributed by atoms with Crippen LogP contribution in [-0.2, 0) is 11.4 Å². The third-order valence-corrected chi connectivity index (χ3v) is 5.08. The minimum Gasteiger partial charge on any atom is -0.486 e. The van der Waals surface area contributed by atoms with E-state index < -0.39 is 10.8 Å². The van der Waals surface area contributed by atoms with Crippen molar-refractivity contribution in [2.24, 2.45) is 0 Å². The second kappa shape index (κ2) is 10.6. The van der Waals surface area contributed by atoms with Crippen molar-refractivity contribution < 1.29 is 14.5 Å². The molecule has 0 unspecified atom stereocenters. The molecule has 0 saturated carbocycles. The molecule has 0 bridgehead atoms. The first-order chi connectivity index (χ1) is 15.8. The van der Waals surface area contributed by atoms with Crippen LogP contribution in [0, 0.1) is 28.4 Å². The zero-order valence-electron chi connectivity index (χ0n) is 17.3. The molecule has 0 heterocycles. The highest BCUT2D eigenvalue weighted by Gasteiger charge is 2.14. The van der Waals surface area contributed by atoms with Crippen molar-refractivity contribution >= 4 is 46.6 Å². The lowest BCUT2D eigenvalue weighted by atomic mass is 10.1. The van der Waals surface area contributed by atoms with E-state index in [1.165, 1.54) is 42.5 Å². The van der Waals surface area contributed by atoms with E-state index in [0.717, 1.165) is 11.1 Å². The fourth-order valence-electron chi connectivity index (χ4n) is 2.85. The minimum atomic E-state index is -0.732. The Balaban J connectivity index is 1.77. The van der Waals surface area contributed by atoms with Gasteiger partial charge in [-0.15, -0.1) is 0 Å². The van der Waals surface area contributed by atoms with E-state index in [9.17, 15) is 20.2 Å². The quantitative estimate of drug-likeness (QED) is 0.183. The van der Waals surface area contributed by atoms with Crippen LogP contribution in [0.25, 0.3) is 6.08 Å². The van der Waals surface area contributed by atoms with Crippen LogP contribution in [0.4, 0.5) is 11.4 Å². The molecular formula is C24H17Cl2N3O4. The zero-order chi connectivity index (χ0) is 24.0. The first kappa shape index (κ1) is 23.8. The predicted octanol–water partition coefficient (Wildman–Crippen LogP) is 6.33. The van der Waals surface area contributed by atoms with Gasteiger partial charge in [-0.1, -0.05) is 59.1 Å². The van der Waals surface area contributed by atoms with Gasteiger partial charge < -0.3 is 10.1 Å². The van der Waals surface area contributed by atoms with E-state index in [1.807, 2.05) is 37.3 Å². The summed E-state index contributed by atoms with van der Waals surface area (Å²) in [6.45, 7) is 2.26. The summed E-state index contributed by atoms with van der Waals surface area (Å²) in [4.78, 5) is 22.8. The van der Waals surface area contributed by atoms with Gasteiger partial charge in [0.05, 0.1) is 15.0 Å². The van der Waals surface area contributed by atoms with Crippen molar-refractivity contribution in [2.45, 2.75) is 13.5 Å². The number of aryl methyl sites for hydroxylation is 1. The number of anilines is 1. The van der Waals surface area contributed by atoms with Crippen LogP contribution >= 0.6 is 23.2 Å². The van der Waals surface area contributed by atoms with Gasteiger partial charge in [-0.25, -0.2) is 0 Å². The predicted molar refractivity (Wildman–Crippen MR) is 127 cm³/mol. The maximum absolute atomic E-state index is 12.5. The summed E-state index contributed by atoms with van der Waals surface area (Å²) in [5.41, 5.74) is 2.26. The molecule has 166 valence electrons. The number of halogens is 2. The molecular weight excluding hydrogens is 465 g/mol. The monoisotopic (exact) mass is 481 g/mol. The molecule has 0 fully saturated rings. The standard InChI is InChI=1S/C24H17Cl2N3O4/c1-15-5-7-16(8-6-15)14-33-23-21(25)10-17(11-22(23)26)9-18(13-27)24(30)28-19-3-2-4-20(12-19)29(31)32/h2-12H,14H2,1H3,(H,28,30)/b18-9+. The van der Waals surface area contributed by atoms with E-state index in [1.54, 1.807) is 0 Å². The average Bonchev–Trinajstić information content (AvgIpc) is 2.78. The Morgan fingerprint density at radius 2 is 1.82 bits per heavy atom. The topological polar surface area (TPSA) is 105 Å². The second-order valence-corrected chi connectivity index (χ2v) is 7.83. The minimum absolute atomic E-state index is 0.185. The SMILES string of the molecule is Cc1ccc(COc2c(Cl)cc(/C=C(\C#N)C(=O)Nc3cccc([N+](=O)[O-])c3)cc2Cl)cc1. The lowest BCUT2D eigenvalue weighted by Crippen LogP contribution is -2.13. The Hall–Kier alpha value is -3.86. The number of hydrogen-bond acceptors (Lipinski definition) is 5. The van der Waals surface area contributed by atoms with Gasteiger partial charge in [-0.05, 0) is 42.3 Å². The number of nitro benzene ring substituents is 1. The Morgan fingerprint density at radius 1 is 1.15 bits per heavy atom. The van der Waals surface area contributed by atoms with Crippen LogP contribution in [-0.4, -0.2) is 10.8 Å². The van der Waals surface area contributed by atoms with Crippen molar-refractivity contribution in [1.29, 1.82) is 5.26 Å². The molecule has 1 amide bonds. The van der Waals surface area contributed by atoms with Crippen molar-refractivity contribution in [3.8, 4) is 11.8 Å². The summed E-state index contributed by atoms with van der Waals surface area (Å²) >= 11 is 12.6. The highest BCUT2D eigenvalue weighted by molar-refractivity contribution is 6.37. The molecule has 0 spiro atoms. The lowest BCUT2D eigenvalue weighted by Gasteiger charge is -2.11. The maximum Gasteiger partial charge on any atom is 0.271 e. The van der Waals surface area contributed by atoms with Gasteiger partial charge in [0, 0.05) is 17.8 Å². The molecule has 0 saturated heterocycles. The summed E-state index contributed by atoms with van der Waals surface area (Å²) in [6, 6.07) is 18.1. The number of ether oxygens (including phenoxy) is 1. The van der Waals surface area contributed by atoms with E-state index in [4.69, 9.17) is 27.9 Å². The molecule has 0 atom stereocenters.